The van der Waals surface area contributed by atoms with Crippen LogP contribution < -0.4 is 9.64 Å². The number of rotatable bonds is 7. The first-order chi connectivity index (χ1) is 16.6. The molecule has 0 saturated carbocycles. The molecule has 4 aromatic rings. The van der Waals surface area contributed by atoms with Crippen LogP contribution in [0.15, 0.2) is 60.7 Å². The molecule has 34 heavy (non-hydrogen) atoms. The molecule has 5 rings (SSSR count). The number of carbonyl (C=O) groups excluding carboxylic acids is 1. The lowest BCUT2D eigenvalue weighted by molar-refractivity contribution is -0.141. The van der Waals surface area contributed by atoms with Crippen LogP contribution in [0.5, 0.6) is 5.75 Å². The summed E-state index contributed by atoms with van der Waals surface area (Å²) in [7, 11) is 1.44. The van der Waals surface area contributed by atoms with Gasteiger partial charge in [-0.1, -0.05) is 42.5 Å². The number of benzene rings is 2. The zero-order chi connectivity index (χ0) is 23.5. The first-order valence-electron chi connectivity index (χ1n) is 11.6. The number of fused-ring (bicyclic) bond motifs is 1. The van der Waals surface area contributed by atoms with Gasteiger partial charge in [-0.25, -0.2) is 9.97 Å². The number of nitrogens with one attached hydrogen (secondary N) is 1. The Kier molecular flexibility index (Phi) is 6.16. The molecule has 1 atom stereocenters. The molecular weight excluding hydrogens is 428 g/mol. The van der Waals surface area contributed by atoms with Gasteiger partial charge in [0.15, 0.2) is 5.82 Å². The molecule has 7 heteroatoms. The maximum atomic E-state index is 11.8. The van der Waals surface area contributed by atoms with E-state index in [1.807, 2.05) is 61.5 Å². The van der Waals surface area contributed by atoms with Crippen molar-refractivity contribution in [1.29, 1.82) is 0 Å². The average Bonchev–Trinajstić information content (AvgIpc) is 3.49. The van der Waals surface area contributed by atoms with Gasteiger partial charge < -0.3 is 19.4 Å². The SMILES string of the molecule is COC(=O)C[C@H]1CCN(c2nc(-c3ccccc3)nc3[nH]c(COc4cccc(C)c4)cc23)C1. The number of nitrogens with zero attached hydrogens (tertiary/aromatic N) is 3. The van der Waals surface area contributed by atoms with Gasteiger partial charge in [0.2, 0.25) is 0 Å². The number of aromatic amines is 1. The zero-order valence-corrected chi connectivity index (χ0v) is 19.5. The van der Waals surface area contributed by atoms with Crippen molar-refractivity contribution < 1.29 is 14.3 Å². The highest BCUT2D eigenvalue weighted by atomic mass is 16.5. The van der Waals surface area contributed by atoms with E-state index in [0.29, 0.717) is 18.9 Å². The molecule has 1 aliphatic heterocycles. The first-order valence-corrected chi connectivity index (χ1v) is 11.6. The Labute approximate surface area is 198 Å². The highest BCUT2D eigenvalue weighted by Crippen LogP contribution is 2.33. The average molecular weight is 457 g/mol. The molecule has 2 aromatic heterocycles. The number of anilines is 1. The van der Waals surface area contributed by atoms with Crippen LogP contribution in [0, 0.1) is 12.8 Å². The van der Waals surface area contributed by atoms with Gasteiger partial charge in [-0.2, -0.15) is 0 Å². The number of aryl methyl sites for hydroxylation is 1. The monoisotopic (exact) mass is 456 g/mol. The molecule has 0 radical (unpaired) electrons. The number of ether oxygens (including phenoxy) is 2. The second kappa shape index (κ2) is 9.55. The fraction of sp³-hybridized carbons (Fsp3) is 0.296. The van der Waals surface area contributed by atoms with Crippen molar-refractivity contribution in [2.45, 2.75) is 26.4 Å². The molecule has 1 aliphatic rings. The number of aromatic nitrogens is 3. The van der Waals surface area contributed by atoms with Crippen LogP contribution in [-0.2, 0) is 16.1 Å². The number of H-pyrrole nitrogens is 1. The maximum Gasteiger partial charge on any atom is 0.305 e. The molecule has 174 valence electrons. The second-order valence-electron chi connectivity index (χ2n) is 8.78. The van der Waals surface area contributed by atoms with Gasteiger partial charge in [-0.3, -0.25) is 4.79 Å². The van der Waals surface area contributed by atoms with E-state index in [1.54, 1.807) is 0 Å². The molecule has 0 spiro atoms. The predicted molar refractivity (Wildman–Crippen MR) is 132 cm³/mol. The summed E-state index contributed by atoms with van der Waals surface area (Å²) < 4.78 is 10.9. The van der Waals surface area contributed by atoms with Gasteiger partial charge >= 0.3 is 5.97 Å². The molecule has 3 heterocycles. The largest absolute Gasteiger partial charge is 0.487 e. The molecule has 0 aliphatic carbocycles. The number of hydrogen-bond acceptors (Lipinski definition) is 6. The summed E-state index contributed by atoms with van der Waals surface area (Å²) in [4.78, 5) is 27.3. The predicted octanol–water partition coefficient (Wildman–Crippen LogP) is 4.90. The fourth-order valence-corrected chi connectivity index (χ4v) is 4.46. The zero-order valence-electron chi connectivity index (χ0n) is 19.5. The lowest BCUT2D eigenvalue weighted by Crippen LogP contribution is -2.22. The second-order valence-corrected chi connectivity index (χ2v) is 8.78. The Morgan fingerprint density at radius 2 is 1.97 bits per heavy atom. The van der Waals surface area contributed by atoms with E-state index in [2.05, 4.69) is 16.0 Å². The van der Waals surface area contributed by atoms with Gasteiger partial charge in [0.25, 0.3) is 0 Å². The van der Waals surface area contributed by atoms with E-state index in [0.717, 1.165) is 58.9 Å². The fourth-order valence-electron chi connectivity index (χ4n) is 4.46. The van der Waals surface area contributed by atoms with Gasteiger partial charge in [-0.05, 0) is 43.0 Å². The van der Waals surface area contributed by atoms with E-state index < -0.39 is 0 Å². The Morgan fingerprint density at radius 3 is 2.76 bits per heavy atom. The molecule has 1 fully saturated rings. The van der Waals surface area contributed by atoms with Crippen LogP contribution in [0.1, 0.15) is 24.1 Å². The summed E-state index contributed by atoms with van der Waals surface area (Å²) in [6.07, 6.45) is 1.35. The third-order valence-corrected chi connectivity index (χ3v) is 6.21. The Morgan fingerprint density at radius 1 is 1.12 bits per heavy atom. The molecule has 7 nitrogen and oxygen atoms in total. The highest BCUT2D eigenvalue weighted by Gasteiger charge is 2.28. The van der Waals surface area contributed by atoms with Crippen molar-refractivity contribution >= 4 is 22.8 Å². The van der Waals surface area contributed by atoms with Gasteiger partial charge in [0.1, 0.15) is 23.8 Å². The molecule has 0 unspecified atom stereocenters. The minimum atomic E-state index is -0.165. The smallest absolute Gasteiger partial charge is 0.305 e. The number of carbonyl (C=O) groups is 1. The van der Waals surface area contributed by atoms with Crippen LogP contribution in [0.2, 0.25) is 0 Å². The first kappa shape index (κ1) is 21.9. The minimum Gasteiger partial charge on any atom is -0.487 e. The van der Waals surface area contributed by atoms with Crippen molar-refractivity contribution in [2.75, 3.05) is 25.1 Å². The normalized spacial score (nSPS) is 15.6. The van der Waals surface area contributed by atoms with Crippen LogP contribution in [0.25, 0.3) is 22.4 Å². The lowest BCUT2D eigenvalue weighted by atomic mass is 10.1. The van der Waals surface area contributed by atoms with Crippen molar-refractivity contribution in [1.82, 2.24) is 15.0 Å². The van der Waals surface area contributed by atoms with Gasteiger partial charge in [-0.15, -0.1) is 0 Å². The Bertz CT molecular complexity index is 1300. The number of esters is 1. The maximum absolute atomic E-state index is 11.8. The lowest BCUT2D eigenvalue weighted by Gasteiger charge is -2.19. The highest BCUT2D eigenvalue weighted by molar-refractivity contribution is 5.90. The van der Waals surface area contributed by atoms with Crippen LogP contribution >= 0.6 is 0 Å². The van der Waals surface area contributed by atoms with Crippen LogP contribution in [0.4, 0.5) is 5.82 Å². The Hall–Kier alpha value is -3.87. The van der Waals surface area contributed by atoms with Crippen LogP contribution in [0.3, 0.4) is 0 Å². The van der Waals surface area contributed by atoms with Crippen molar-refractivity contribution in [3.05, 3.63) is 71.9 Å². The van der Waals surface area contributed by atoms with Crippen LogP contribution in [-0.4, -0.2) is 41.1 Å². The van der Waals surface area contributed by atoms with E-state index in [4.69, 9.17) is 19.4 Å². The molecule has 0 amide bonds. The number of methoxy groups -OCH3 is 1. The quantitative estimate of drug-likeness (QED) is 0.399. The van der Waals surface area contributed by atoms with E-state index >= 15 is 0 Å². The van der Waals surface area contributed by atoms with E-state index in [1.165, 1.54) is 7.11 Å². The standard InChI is InChI=1S/C27H28N4O3/c1-18-7-6-10-22(13-18)34-17-21-15-23-26(28-21)29-25(20-8-4-3-5-9-20)30-27(23)31-12-11-19(16-31)14-24(32)33-2/h3-10,13,15,19H,11-12,14,16-17H2,1-2H3,(H,28,29,30)/t19-/m1/s1. The van der Waals surface area contributed by atoms with Gasteiger partial charge in [0, 0.05) is 18.7 Å². The van der Waals surface area contributed by atoms with E-state index in [9.17, 15) is 4.79 Å². The third-order valence-electron chi connectivity index (χ3n) is 6.21. The summed E-state index contributed by atoms with van der Waals surface area (Å²) in [5.74, 6) is 2.48. The van der Waals surface area contributed by atoms with Gasteiger partial charge in [0.05, 0.1) is 24.6 Å². The number of hydrogen-bond donors (Lipinski definition) is 1. The van der Waals surface area contributed by atoms with Crippen molar-refractivity contribution in [3.8, 4) is 17.1 Å². The summed E-state index contributed by atoms with van der Waals surface area (Å²) in [5, 5.41) is 0.959. The topological polar surface area (TPSA) is 80.3 Å². The summed E-state index contributed by atoms with van der Waals surface area (Å²) >= 11 is 0. The molecule has 2 aromatic carbocycles. The molecule has 1 N–H and O–H groups in total. The molecule has 0 bridgehead atoms. The molecular formula is C27H28N4O3. The summed E-state index contributed by atoms with van der Waals surface area (Å²) in [6, 6.07) is 20.1. The summed E-state index contributed by atoms with van der Waals surface area (Å²) in [5.41, 5.74) is 3.83. The summed E-state index contributed by atoms with van der Waals surface area (Å²) in [6.45, 7) is 4.05. The third kappa shape index (κ3) is 4.73. The minimum absolute atomic E-state index is 0.165. The van der Waals surface area contributed by atoms with Crippen molar-refractivity contribution in [2.24, 2.45) is 5.92 Å². The van der Waals surface area contributed by atoms with E-state index in [-0.39, 0.29) is 11.9 Å². The Balaban J connectivity index is 1.47. The van der Waals surface area contributed by atoms with Crippen molar-refractivity contribution in [3.63, 3.8) is 0 Å². The molecule has 1 saturated heterocycles.